The molecule has 0 aromatic rings. The summed E-state index contributed by atoms with van der Waals surface area (Å²) < 4.78 is 0. The van der Waals surface area contributed by atoms with Crippen molar-refractivity contribution >= 4 is 0 Å². The molecular formula is C15H30N2O. The molecule has 0 aromatic carbocycles. The Bertz CT molecular complexity index is 253. The number of rotatable bonds is 9. The van der Waals surface area contributed by atoms with E-state index >= 15 is 0 Å². The molecule has 18 heavy (non-hydrogen) atoms. The van der Waals surface area contributed by atoms with Gasteiger partial charge in [-0.15, -0.1) is 0 Å². The first-order chi connectivity index (χ1) is 8.66. The molecule has 3 nitrogen and oxygen atoms in total. The first kappa shape index (κ1) is 15.2. The molecule has 1 rings (SSSR count). The van der Waals surface area contributed by atoms with Crippen molar-refractivity contribution in [1.29, 1.82) is 0 Å². The SMILES string of the molecule is CCCCCCCCCCN1C=C(O)N(C)C1C. The fourth-order valence-electron chi connectivity index (χ4n) is 2.44. The van der Waals surface area contributed by atoms with E-state index in [1.165, 1.54) is 51.4 Å². The van der Waals surface area contributed by atoms with Crippen molar-refractivity contribution < 1.29 is 5.11 Å². The zero-order chi connectivity index (χ0) is 13.4. The zero-order valence-electron chi connectivity index (χ0n) is 12.4. The summed E-state index contributed by atoms with van der Waals surface area (Å²) in [6, 6.07) is 0. The lowest BCUT2D eigenvalue weighted by atomic mass is 10.1. The number of unbranched alkanes of at least 4 members (excludes halogenated alkanes) is 7. The molecule has 1 heterocycles. The van der Waals surface area contributed by atoms with E-state index in [0.717, 1.165) is 6.54 Å². The van der Waals surface area contributed by atoms with Crippen LogP contribution in [-0.2, 0) is 0 Å². The van der Waals surface area contributed by atoms with Crippen molar-refractivity contribution in [2.24, 2.45) is 0 Å². The Morgan fingerprint density at radius 1 is 1.06 bits per heavy atom. The Morgan fingerprint density at radius 3 is 2.11 bits per heavy atom. The van der Waals surface area contributed by atoms with Crippen LogP contribution in [0.4, 0.5) is 0 Å². The van der Waals surface area contributed by atoms with Crippen molar-refractivity contribution in [2.45, 2.75) is 71.4 Å². The molecule has 1 unspecified atom stereocenters. The maximum atomic E-state index is 9.61. The minimum absolute atomic E-state index is 0.301. The molecule has 0 fully saturated rings. The lowest BCUT2D eigenvalue weighted by molar-refractivity contribution is 0.146. The molecule has 1 aliphatic rings. The summed E-state index contributed by atoms with van der Waals surface area (Å²) in [6.45, 7) is 5.45. The maximum absolute atomic E-state index is 9.61. The third kappa shape index (κ3) is 4.79. The van der Waals surface area contributed by atoms with Crippen LogP contribution in [0.15, 0.2) is 12.1 Å². The number of aliphatic hydroxyl groups is 1. The Morgan fingerprint density at radius 2 is 1.61 bits per heavy atom. The van der Waals surface area contributed by atoms with Crippen LogP contribution < -0.4 is 0 Å². The number of aliphatic hydroxyl groups excluding tert-OH is 1. The van der Waals surface area contributed by atoms with Gasteiger partial charge in [0.05, 0.1) is 6.20 Å². The van der Waals surface area contributed by atoms with Crippen LogP contribution in [-0.4, -0.2) is 34.7 Å². The van der Waals surface area contributed by atoms with Gasteiger partial charge in [0.15, 0.2) is 0 Å². The van der Waals surface area contributed by atoms with Crippen molar-refractivity contribution in [2.75, 3.05) is 13.6 Å². The van der Waals surface area contributed by atoms with Gasteiger partial charge < -0.3 is 14.9 Å². The summed E-state index contributed by atoms with van der Waals surface area (Å²) in [4.78, 5) is 4.14. The van der Waals surface area contributed by atoms with E-state index in [4.69, 9.17) is 0 Å². The quantitative estimate of drug-likeness (QED) is 0.628. The fourth-order valence-corrected chi connectivity index (χ4v) is 2.44. The smallest absolute Gasteiger partial charge is 0.204 e. The Kier molecular flexibility index (Phi) is 6.99. The van der Waals surface area contributed by atoms with Gasteiger partial charge >= 0.3 is 0 Å². The predicted octanol–water partition coefficient (Wildman–Crippen LogP) is 4.08. The first-order valence-corrected chi connectivity index (χ1v) is 7.56. The van der Waals surface area contributed by atoms with Gasteiger partial charge in [-0.1, -0.05) is 51.9 Å². The number of hydrogen-bond donors (Lipinski definition) is 1. The van der Waals surface area contributed by atoms with Gasteiger partial charge in [0.2, 0.25) is 5.88 Å². The third-order valence-corrected chi connectivity index (χ3v) is 3.95. The summed E-state index contributed by atoms with van der Waals surface area (Å²) in [6.07, 6.45) is 13.0. The largest absolute Gasteiger partial charge is 0.494 e. The van der Waals surface area contributed by atoms with Gasteiger partial charge in [0.25, 0.3) is 0 Å². The normalized spacial score (nSPS) is 19.5. The highest BCUT2D eigenvalue weighted by atomic mass is 16.3. The van der Waals surface area contributed by atoms with E-state index in [-0.39, 0.29) is 0 Å². The van der Waals surface area contributed by atoms with E-state index in [2.05, 4.69) is 18.7 Å². The van der Waals surface area contributed by atoms with Crippen molar-refractivity contribution in [3.8, 4) is 0 Å². The monoisotopic (exact) mass is 254 g/mol. The molecule has 3 heteroatoms. The van der Waals surface area contributed by atoms with Crippen LogP contribution in [0.2, 0.25) is 0 Å². The molecule has 0 aromatic heterocycles. The van der Waals surface area contributed by atoms with E-state index in [9.17, 15) is 5.11 Å². The molecule has 0 spiro atoms. The van der Waals surface area contributed by atoms with Crippen LogP contribution in [0.5, 0.6) is 0 Å². The van der Waals surface area contributed by atoms with Crippen LogP contribution in [0.25, 0.3) is 0 Å². The molecule has 0 saturated heterocycles. The third-order valence-electron chi connectivity index (χ3n) is 3.95. The average Bonchev–Trinajstić information content (AvgIpc) is 2.60. The topological polar surface area (TPSA) is 26.7 Å². The van der Waals surface area contributed by atoms with E-state index in [1.54, 1.807) is 0 Å². The number of nitrogens with zero attached hydrogens (tertiary/aromatic N) is 2. The second-order valence-electron chi connectivity index (χ2n) is 5.44. The van der Waals surface area contributed by atoms with Crippen LogP contribution in [0.3, 0.4) is 0 Å². The molecule has 0 bridgehead atoms. The number of hydrogen-bond acceptors (Lipinski definition) is 3. The molecule has 0 radical (unpaired) electrons. The summed E-state index contributed by atoms with van der Waals surface area (Å²) in [5.74, 6) is 0.391. The van der Waals surface area contributed by atoms with Crippen LogP contribution >= 0.6 is 0 Å². The summed E-state index contributed by atoms with van der Waals surface area (Å²) in [7, 11) is 1.93. The lowest BCUT2D eigenvalue weighted by Gasteiger charge is -2.26. The zero-order valence-corrected chi connectivity index (χ0v) is 12.4. The van der Waals surface area contributed by atoms with Crippen molar-refractivity contribution in [3.05, 3.63) is 12.1 Å². The minimum atomic E-state index is 0.301. The fraction of sp³-hybridized carbons (Fsp3) is 0.867. The van der Waals surface area contributed by atoms with Crippen molar-refractivity contribution in [1.82, 2.24) is 9.80 Å². The van der Waals surface area contributed by atoms with Gasteiger partial charge in [0.1, 0.15) is 6.17 Å². The highest BCUT2D eigenvalue weighted by Gasteiger charge is 2.24. The van der Waals surface area contributed by atoms with E-state index in [0.29, 0.717) is 12.0 Å². The standard InChI is InChI=1S/C15H30N2O/c1-4-5-6-7-8-9-10-11-12-17-13-15(18)16(3)14(17)2/h13-14,18H,4-12H2,1-3H3. The predicted molar refractivity (Wildman–Crippen MR) is 77.3 cm³/mol. The van der Waals surface area contributed by atoms with Gasteiger partial charge in [-0.25, -0.2) is 0 Å². The summed E-state index contributed by atoms with van der Waals surface area (Å²) >= 11 is 0. The minimum Gasteiger partial charge on any atom is -0.494 e. The Balaban J connectivity index is 1.99. The van der Waals surface area contributed by atoms with Gasteiger partial charge in [-0.3, -0.25) is 0 Å². The van der Waals surface area contributed by atoms with Crippen LogP contribution in [0.1, 0.15) is 65.2 Å². The molecule has 0 saturated carbocycles. The highest BCUT2D eigenvalue weighted by molar-refractivity contribution is 4.99. The molecule has 0 amide bonds. The van der Waals surface area contributed by atoms with Gasteiger partial charge in [-0.2, -0.15) is 0 Å². The maximum Gasteiger partial charge on any atom is 0.204 e. The molecule has 1 aliphatic heterocycles. The van der Waals surface area contributed by atoms with Gasteiger partial charge in [0, 0.05) is 13.6 Å². The van der Waals surface area contributed by atoms with Crippen LogP contribution in [0, 0.1) is 0 Å². The van der Waals surface area contributed by atoms with Gasteiger partial charge in [-0.05, 0) is 13.3 Å². The molecular weight excluding hydrogens is 224 g/mol. The summed E-state index contributed by atoms with van der Waals surface area (Å²) in [5, 5.41) is 9.61. The van der Waals surface area contributed by atoms with E-state index in [1.807, 2.05) is 18.1 Å². The Labute approximate surface area is 112 Å². The second-order valence-corrected chi connectivity index (χ2v) is 5.44. The van der Waals surface area contributed by atoms with E-state index < -0.39 is 0 Å². The molecule has 106 valence electrons. The lowest BCUT2D eigenvalue weighted by Crippen LogP contribution is -2.35. The average molecular weight is 254 g/mol. The molecule has 1 N–H and O–H groups in total. The molecule has 1 atom stereocenters. The second kappa shape index (κ2) is 8.28. The Hall–Kier alpha value is -0.860. The van der Waals surface area contributed by atoms with Crippen molar-refractivity contribution in [3.63, 3.8) is 0 Å². The first-order valence-electron chi connectivity index (χ1n) is 7.56. The molecule has 0 aliphatic carbocycles. The summed E-state index contributed by atoms with van der Waals surface area (Å²) in [5.41, 5.74) is 0. The highest BCUT2D eigenvalue weighted by Crippen LogP contribution is 2.19.